The van der Waals surface area contributed by atoms with Crippen LogP contribution < -0.4 is 4.83 Å². The Balaban J connectivity index is 2.24. The van der Waals surface area contributed by atoms with Gasteiger partial charge in [-0.3, -0.25) is 0 Å². The highest BCUT2D eigenvalue weighted by Crippen LogP contribution is 2.14. The van der Waals surface area contributed by atoms with E-state index in [0.717, 1.165) is 10.0 Å². The van der Waals surface area contributed by atoms with Crippen LogP contribution in [0.3, 0.4) is 0 Å². The van der Waals surface area contributed by atoms with Crippen LogP contribution in [0.2, 0.25) is 0 Å². The van der Waals surface area contributed by atoms with Crippen LogP contribution in [0.25, 0.3) is 0 Å². The molecule has 1 N–H and O–H groups in total. The van der Waals surface area contributed by atoms with Crippen molar-refractivity contribution in [1.29, 1.82) is 0 Å². The van der Waals surface area contributed by atoms with E-state index in [1.54, 1.807) is 12.1 Å². The number of hydrogen-bond acceptors (Lipinski definition) is 3. The van der Waals surface area contributed by atoms with Crippen LogP contribution in [-0.2, 0) is 10.0 Å². The molecule has 0 atom stereocenters. The second-order valence-electron chi connectivity index (χ2n) is 4.33. The second-order valence-corrected chi connectivity index (χ2v) is 6.90. The number of sulfonamides is 1. The van der Waals surface area contributed by atoms with Crippen LogP contribution in [0.1, 0.15) is 18.9 Å². The molecule has 6 heteroatoms. The van der Waals surface area contributed by atoms with E-state index >= 15 is 0 Å². The normalized spacial score (nSPS) is 12.2. The van der Waals surface area contributed by atoms with Crippen LogP contribution in [-0.4, -0.2) is 14.1 Å². The molecule has 0 bridgehead atoms. The Morgan fingerprint density at radius 2 is 1.71 bits per heavy atom. The van der Waals surface area contributed by atoms with Gasteiger partial charge in [0.1, 0.15) is 0 Å². The lowest BCUT2D eigenvalue weighted by atomic mass is 10.1. The lowest BCUT2D eigenvalue weighted by Crippen LogP contribution is -2.20. The molecule has 0 amide bonds. The van der Waals surface area contributed by atoms with Crippen LogP contribution >= 0.6 is 15.9 Å². The molecule has 2 aromatic rings. The molecule has 0 aromatic heterocycles. The molecule has 0 radical (unpaired) electrons. The van der Waals surface area contributed by atoms with Gasteiger partial charge in [-0.15, -0.1) is 0 Å². The molecule has 0 spiro atoms. The van der Waals surface area contributed by atoms with Crippen molar-refractivity contribution < 1.29 is 8.42 Å². The molecule has 21 heavy (non-hydrogen) atoms. The third-order valence-electron chi connectivity index (χ3n) is 2.87. The van der Waals surface area contributed by atoms with Crippen molar-refractivity contribution in [2.75, 3.05) is 0 Å². The van der Waals surface area contributed by atoms with Crippen molar-refractivity contribution in [1.82, 2.24) is 4.83 Å². The zero-order chi connectivity index (χ0) is 15.3. The van der Waals surface area contributed by atoms with E-state index in [-0.39, 0.29) is 4.90 Å². The van der Waals surface area contributed by atoms with Gasteiger partial charge in [-0.05, 0) is 36.2 Å². The lowest BCUT2D eigenvalue weighted by Gasteiger charge is -2.07. The van der Waals surface area contributed by atoms with Gasteiger partial charge < -0.3 is 0 Å². The van der Waals surface area contributed by atoms with Crippen molar-refractivity contribution in [3.63, 3.8) is 0 Å². The van der Waals surface area contributed by atoms with Crippen LogP contribution in [0.5, 0.6) is 0 Å². The monoisotopic (exact) mass is 366 g/mol. The Kier molecular flexibility index (Phi) is 5.14. The molecule has 0 saturated carbocycles. The van der Waals surface area contributed by atoms with Crippen LogP contribution in [0.4, 0.5) is 0 Å². The van der Waals surface area contributed by atoms with Crippen LogP contribution in [0, 0.1) is 0 Å². The minimum absolute atomic E-state index is 0.179. The predicted molar refractivity (Wildman–Crippen MR) is 87.7 cm³/mol. The highest BCUT2D eigenvalue weighted by molar-refractivity contribution is 9.10. The molecule has 0 aliphatic carbocycles. The molecule has 2 rings (SSSR count). The molecule has 4 nitrogen and oxygen atoms in total. The average Bonchev–Trinajstić information content (AvgIpc) is 2.49. The predicted octanol–water partition coefficient (Wildman–Crippen LogP) is 3.54. The average molecular weight is 367 g/mol. The zero-order valence-corrected chi connectivity index (χ0v) is 13.9. The van der Waals surface area contributed by atoms with Gasteiger partial charge in [0.25, 0.3) is 10.0 Å². The maximum atomic E-state index is 12.2. The third-order valence-corrected chi connectivity index (χ3v) is 4.62. The number of nitrogens with zero attached hydrogens (tertiary/aromatic N) is 1. The SMILES string of the molecule is CCC(=NNS(=O)(=O)c1ccc(Br)cc1)c1ccccc1. The fourth-order valence-electron chi connectivity index (χ4n) is 1.76. The molecular formula is C15H15BrN2O2S. The van der Waals surface area contributed by atoms with E-state index in [9.17, 15) is 8.42 Å². The topological polar surface area (TPSA) is 58.5 Å². The maximum Gasteiger partial charge on any atom is 0.276 e. The highest BCUT2D eigenvalue weighted by atomic mass is 79.9. The molecular weight excluding hydrogens is 352 g/mol. The first kappa shape index (κ1) is 15.7. The van der Waals surface area contributed by atoms with Crippen molar-refractivity contribution in [2.24, 2.45) is 5.10 Å². The third kappa shape index (κ3) is 4.15. The van der Waals surface area contributed by atoms with E-state index in [0.29, 0.717) is 12.1 Å². The minimum Gasteiger partial charge on any atom is -0.200 e. The molecule has 0 aliphatic rings. The summed E-state index contributed by atoms with van der Waals surface area (Å²) in [6.45, 7) is 1.93. The van der Waals surface area contributed by atoms with Gasteiger partial charge in [0, 0.05) is 4.47 Å². The van der Waals surface area contributed by atoms with Gasteiger partial charge in [-0.1, -0.05) is 53.2 Å². The Hall–Kier alpha value is -1.66. The fourth-order valence-corrected chi connectivity index (χ4v) is 2.85. The van der Waals surface area contributed by atoms with Gasteiger partial charge in [-0.2, -0.15) is 18.4 Å². The summed E-state index contributed by atoms with van der Waals surface area (Å²) < 4.78 is 25.1. The smallest absolute Gasteiger partial charge is 0.200 e. The quantitative estimate of drug-likeness (QED) is 0.649. The number of hydrazone groups is 1. The van der Waals surface area contributed by atoms with Gasteiger partial charge in [0.2, 0.25) is 0 Å². The number of rotatable bonds is 5. The maximum absolute atomic E-state index is 12.2. The highest BCUT2D eigenvalue weighted by Gasteiger charge is 2.13. The van der Waals surface area contributed by atoms with E-state index in [1.807, 2.05) is 37.3 Å². The van der Waals surface area contributed by atoms with E-state index in [4.69, 9.17) is 0 Å². The standard InChI is InChI=1S/C15H15BrN2O2S/c1-2-15(12-6-4-3-5-7-12)17-18-21(19,20)14-10-8-13(16)9-11-14/h3-11,18H,2H2,1H3. The second kappa shape index (κ2) is 6.87. The molecule has 110 valence electrons. The van der Waals surface area contributed by atoms with E-state index in [1.165, 1.54) is 12.1 Å². The fraction of sp³-hybridized carbons (Fsp3) is 0.133. The number of benzene rings is 2. The summed E-state index contributed by atoms with van der Waals surface area (Å²) in [4.78, 5) is 2.47. The van der Waals surface area contributed by atoms with Crippen molar-refractivity contribution in [3.8, 4) is 0 Å². The summed E-state index contributed by atoms with van der Waals surface area (Å²) in [6.07, 6.45) is 0.632. The summed E-state index contributed by atoms with van der Waals surface area (Å²) in [6, 6.07) is 15.9. The molecule has 0 unspecified atom stereocenters. The first-order valence-electron chi connectivity index (χ1n) is 6.42. The Morgan fingerprint density at radius 1 is 1.10 bits per heavy atom. The molecule has 0 aliphatic heterocycles. The van der Waals surface area contributed by atoms with Crippen LogP contribution in [0.15, 0.2) is 69.1 Å². The number of nitrogens with one attached hydrogen (secondary N) is 1. The van der Waals surface area contributed by atoms with Gasteiger partial charge in [0.15, 0.2) is 0 Å². The van der Waals surface area contributed by atoms with Crippen molar-refractivity contribution >= 4 is 31.7 Å². The van der Waals surface area contributed by atoms with E-state index < -0.39 is 10.0 Å². The molecule has 0 fully saturated rings. The van der Waals surface area contributed by atoms with Crippen molar-refractivity contribution in [2.45, 2.75) is 18.2 Å². The van der Waals surface area contributed by atoms with Gasteiger partial charge >= 0.3 is 0 Å². The summed E-state index contributed by atoms with van der Waals surface area (Å²) >= 11 is 3.27. The molecule has 2 aromatic carbocycles. The first-order chi connectivity index (χ1) is 10.0. The first-order valence-corrected chi connectivity index (χ1v) is 8.70. The number of hydrogen-bond donors (Lipinski definition) is 1. The zero-order valence-electron chi connectivity index (χ0n) is 11.5. The largest absolute Gasteiger partial charge is 0.276 e. The Labute approximate surface area is 133 Å². The number of halogens is 1. The summed E-state index contributed by atoms with van der Waals surface area (Å²) in [5.74, 6) is 0. The molecule has 0 heterocycles. The Bertz CT molecular complexity index is 726. The Morgan fingerprint density at radius 3 is 2.29 bits per heavy atom. The lowest BCUT2D eigenvalue weighted by molar-refractivity contribution is 0.584. The molecule has 0 saturated heterocycles. The summed E-state index contributed by atoms with van der Waals surface area (Å²) in [5.41, 5.74) is 1.59. The minimum atomic E-state index is -3.65. The summed E-state index contributed by atoms with van der Waals surface area (Å²) in [5, 5.41) is 4.05. The van der Waals surface area contributed by atoms with Crippen molar-refractivity contribution in [3.05, 3.63) is 64.6 Å². The van der Waals surface area contributed by atoms with Gasteiger partial charge in [0.05, 0.1) is 10.6 Å². The van der Waals surface area contributed by atoms with E-state index in [2.05, 4.69) is 25.9 Å². The summed E-state index contributed by atoms with van der Waals surface area (Å²) in [7, 11) is -3.65. The van der Waals surface area contributed by atoms with Gasteiger partial charge in [-0.25, -0.2) is 0 Å².